The highest BCUT2D eigenvalue weighted by Crippen LogP contribution is 2.36. The fourth-order valence-electron chi connectivity index (χ4n) is 4.14. The molecular formula is C25H36N6O3S. The van der Waals surface area contributed by atoms with Crippen molar-refractivity contribution in [3.63, 3.8) is 0 Å². The van der Waals surface area contributed by atoms with Gasteiger partial charge in [0.15, 0.2) is 0 Å². The van der Waals surface area contributed by atoms with Crippen LogP contribution in [-0.4, -0.2) is 84.0 Å². The topological polar surface area (TPSA) is 111 Å². The molecule has 9 nitrogen and oxygen atoms in total. The second kappa shape index (κ2) is 12.6. The molecule has 0 radical (unpaired) electrons. The smallest absolute Gasteiger partial charge is 0.272 e. The van der Waals surface area contributed by atoms with Crippen LogP contribution in [0.2, 0.25) is 0 Å². The van der Waals surface area contributed by atoms with Gasteiger partial charge in [0, 0.05) is 51.0 Å². The Labute approximate surface area is 211 Å². The molecule has 0 aliphatic carbocycles. The van der Waals surface area contributed by atoms with Gasteiger partial charge >= 0.3 is 0 Å². The first-order valence-corrected chi connectivity index (χ1v) is 12.9. The lowest BCUT2D eigenvalue weighted by atomic mass is 10.2. The predicted octanol–water partition coefficient (Wildman–Crippen LogP) is 2.26. The van der Waals surface area contributed by atoms with E-state index in [0.29, 0.717) is 36.8 Å². The van der Waals surface area contributed by atoms with Gasteiger partial charge in [-0.1, -0.05) is 23.9 Å². The Morgan fingerprint density at radius 2 is 2.00 bits per heavy atom. The van der Waals surface area contributed by atoms with Gasteiger partial charge in [-0.3, -0.25) is 14.4 Å². The number of nitrogens with zero attached hydrogens (tertiary/aromatic N) is 3. The highest BCUT2D eigenvalue weighted by molar-refractivity contribution is 8.04. The minimum Gasteiger partial charge on any atom is -0.392 e. The van der Waals surface area contributed by atoms with Crippen LogP contribution in [0, 0.1) is 0 Å². The van der Waals surface area contributed by atoms with Crippen molar-refractivity contribution in [1.82, 2.24) is 14.7 Å². The number of benzene rings is 1. The van der Waals surface area contributed by atoms with Crippen LogP contribution < -0.4 is 16.4 Å². The van der Waals surface area contributed by atoms with Crippen molar-refractivity contribution in [3.05, 3.63) is 47.6 Å². The van der Waals surface area contributed by atoms with Crippen molar-refractivity contribution in [2.24, 2.45) is 5.73 Å². The van der Waals surface area contributed by atoms with E-state index in [-0.39, 0.29) is 23.4 Å². The number of rotatable bonds is 11. The third-order valence-electron chi connectivity index (χ3n) is 6.06. The number of nitrogens with two attached hydrogens (primary N) is 1. The van der Waals surface area contributed by atoms with Gasteiger partial charge in [-0.15, -0.1) is 6.58 Å². The third-order valence-corrected chi connectivity index (χ3v) is 7.38. The van der Waals surface area contributed by atoms with E-state index in [2.05, 4.69) is 22.1 Å². The molecule has 4 N–H and O–H groups in total. The van der Waals surface area contributed by atoms with E-state index in [1.54, 1.807) is 18.0 Å². The fraction of sp³-hybridized carbons (Fsp3) is 0.480. The lowest BCUT2D eigenvalue weighted by Crippen LogP contribution is -2.36. The summed E-state index contributed by atoms with van der Waals surface area (Å²) in [6.45, 7) is 9.58. The van der Waals surface area contributed by atoms with E-state index in [1.807, 2.05) is 31.2 Å². The molecule has 0 unspecified atom stereocenters. The first-order valence-electron chi connectivity index (χ1n) is 12.0. The number of likely N-dealkylation sites (N-methyl/N-ethyl adjacent to an activating group) is 1. The molecule has 2 aliphatic heterocycles. The highest BCUT2D eigenvalue weighted by Gasteiger charge is 2.38. The fourth-order valence-corrected chi connectivity index (χ4v) is 5.37. The van der Waals surface area contributed by atoms with Crippen LogP contribution in [0.4, 0.5) is 11.4 Å². The monoisotopic (exact) mass is 500 g/mol. The van der Waals surface area contributed by atoms with Crippen molar-refractivity contribution in [2.45, 2.75) is 31.4 Å². The zero-order valence-corrected chi connectivity index (χ0v) is 21.4. The van der Waals surface area contributed by atoms with E-state index >= 15 is 0 Å². The predicted molar refractivity (Wildman–Crippen MR) is 142 cm³/mol. The van der Waals surface area contributed by atoms with E-state index in [0.717, 1.165) is 25.3 Å². The normalized spacial score (nSPS) is 19.5. The van der Waals surface area contributed by atoms with Crippen LogP contribution in [0.1, 0.15) is 26.2 Å². The maximum atomic E-state index is 13.0. The molecule has 3 amide bonds. The molecule has 2 heterocycles. The molecule has 190 valence electrons. The Hall–Kier alpha value is -2.98. The molecule has 10 heteroatoms. The molecule has 2 aliphatic rings. The molecule has 0 spiro atoms. The first-order chi connectivity index (χ1) is 16.8. The van der Waals surface area contributed by atoms with Gasteiger partial charge in [0.05, 0.1) is 0 Å². The first kappa shape index (κ1) is 26.6. The van der Waals surface area contributed by atoms with E-state index in [9.17, 15) is 14.4 Å². The Morgan fingerprint density at radius 1 is 1.29 bits per heavy atom. The summed E-state index contributed by atoms with van der Waals surface area (Å²) in [5.41, 5.74) is 7.73. The summed E-state index contributed by atoms with van der Waals surface area (Å²) in [7, 11) is 1.65. The lowest BCUT2D eigenvalue weighted by Gasteiger charge is -2.19. The number of carbonyl (C=O) groups excluding carboxylic acids is 3. The minimum absolute atomic E-state index is 0.00879. The molecule has 1 aromatic carbocycles. The maximum Gasteiger partial charge on any atom is 0.272 e. The second-order valence-electron chi connectivity index (χ2n) is 8.69. The van der Waals surface area contributed by atoms with Crippen molar-refractivity contribution < 1.29 is 14.4 Å². The van der Waals surface area contributed by atoms with Crippen LogP contribution in [0.15, 0.2) is 47.6 Å². The average molecular weight is 501 g/mol. The van der Waals surface area contributed by atoms with Crippen LogP contribution >= 0.6 is 11.8 Å². The molecule has 0 bridgehead atoms. The number of carbonyl (C=O) groups is 3. The summed E-state index contributed by atoms with van der Waals surface area (Å²) in [5.74, 6) is -0.431. The quantitative estimate of drug-likeness (QED) is 0.316. The minimum atomic E-state index is -0.417. The SMILES string of the molecule is C=CCN(C)C(=O)/C(N)=C1\S[C@H](CNc2cccc(NC(=O)CCN3CCCC3)c2)C(=O)N1CC. The van der Waals surface area contributed by atoms with Crippen molar-refractivity contribution in [2.75, 3.05) is 56.9 Å². The standard InChI is InChI=1S/C25H36N6O3S/c1-4-12-29(3)24(34)22(26)25-31(5-2)23(33)20(35-25)17-27-18-9-8-10-19(16-18)28-21(32)11-15-30-13-6-7-14-30/h4,8-10,16,20,27H,1,5-7,11-15,17,26H2,2-3H3,(H,28,32)/b25-22+/t20-/m1/s1. The van der Waals surface area contributed by atoms with Gasteiger partial charge in [0.2, 0.25) is 11.8 Å². The van der Waals surface area contributed by atoms with Crippen LogP contribution in [-0.2, 0) is 14.4 Å². The lowest BCUT2D eigenvalue weighted by molar-refractivity contribution is -0.127. The number of amides is 3. The molecule has 1 atom stereocenters. The number of nitrogens with one attached hydrogen (secondary N) is 2. The zero-order valence-electron chi connectivity index (χ0n) is 20.6. The summed E-state index contributed by atoms with van der Waals surface area (Å²) in [6.07, 6.45) is 4.51. The van der Waals surface area contributed by atoms with Crippen molar-refractivity contribution >= 4 is 40.9 Å². The van der Waals surface area contributed by atoms with E-state index in [1.165, 1.54) is 29.5 Å². The molecule has 35 heavy (non-hydrogen) atoms. The largest absolute Gasteiger partial charge is 0.392 e. The van der Waals surface area contributed by atoms with Crippen LogP contribution in [0.5, 0.6) is 0 Å². The Morgan fingerprint density at radius 3 is 2.69 bits per heavy atom. The number of anilines is 2. The van der Waals surface area contributed by atoms with Gasteiger partial charge < -0.3 is 31.1 Å². The van der Waals surface area contributed by atoms with Gasteiger partial charge in [-0.25, -0.2) is 0 Å². The Balaban J connectivity index is 1.58. The molecule has 2 fully saturated rings. The van der Waals surface area contributed by atoms with E-state index in [4.69, 9.17) is 5.73 Å². The summed E-state index contributed by atoms with van der Waals surface area (Å²) < 4.78 is 0. The van der Waals surface area contributed by atoms with Gasteiger partial charge in [0.25, 0.3) is 5.91 Å². The Bertz CT molecular complexity index is 976. The molecule has 1 aromatic rings. The third kappa shape index (κ3) is 7.02. The van der Waals surface area contributed by atoms with Crippen LogP contribution in [0.25, 0.3) is 0 Å². The number of hydrogen-bond acceptors (Lipinski definition) is 7. The van der Waals surface area contributed by atoms with Gasteiger partial charge in [0.1, 0.15) is 16.0 Å². The molecule has 2 saturated heterocycles. The van der Waals surface area contributed by atoms with Gasteiger partial charge in [-0.2, -0.15) is 0 Å². The summed E-state index contributed by atoms with van der Waals surface area (Å²) in [6, 6.07) is 7.45. The molecular weight excluding hydrogens is 464 g/mol. The van der Waals surface area contributed by atoms with E-state index < -0.39 is 5.25 Å². The summed E-state index contributed by atoms with van der Waals surface area (Å²) >= 11 is 1.30. The highest BCUT2D eigenvalue weighted by atomic mass is 32.2. The second-order valence-corrected chi connectivity index (χ2v) is 9.88. The zero-order chi connectivity index (χ0) is 25.4. The van der Waals surface area contributed by atoms with Crippen molar-refractivity contribution in [1.29, 1.82) is 0 Å². The average Bonchev–Trinajstić information content (AvgIpc) is 3.48. The molecule has 3 rings (SSSR count). The molecule has 0 saturated carbocycles. The number of likely N-dealkylation sites (tertiary alicyclic amines) is 1. The maximum absolute atomic E-state index is 13.0. The van der Waals surface area contributed by atoms with Gasteiger partial charge in [-0.05, 0) is 51.1 Å². The molecule has 0 aromatic heterocycles. The van der Waals surface area contributed by atoms with Crippen molar-refractivity contribution in [3.8, 4) is 0 Å². The number of thioether (sulfide) groups is 1. The number of hydrogen-bond donors (Lipinski definition) is 3. The summed E-state index contributed by atoms with van der Waals surface area (Å²) in [5, 5.41) is 6.31. The summed E-state index contributed by atoms with van der Waals surface area (Å²) in [4.78, 5) is 43.2. The Kier molecular flexibility index (Phi) is 9.62. The van der Waals surface area contributed by atoms with Crippen LogP contribution in [0.3, 0.4) is 0 Å².